The van der Waals surface area contributed by atoms with Crippen LogP contribution < -0.4 is 0 Å². The van der Waals surface area contributed by atoms with Crippen molar-refractivity contribution in [3.63, 3.8) is 0 Å². The second kappa shape index (κ2) is 68.3. The second-order valence-corrected chi connectivity index (χ2v) is 22.3. The Morgan fingerprint density at radius 1 is 0.259 bits per heavy atom. The fourth-order valence-corrected chi connectivity index (χ4v) is 9.33. The van der Waals surface area contributed by atoms with E-state index in [2.05, 4.69) is 142 Å². The number of allylic oxidation sites excluding steroid dienone is 20. The molecule has 0 amide bonds. The molecule has 0 saturated heterocycles. The molecular weight excluding hydrogens is 997 g/mol. The van der Waals surface area contributed by atoms with E-state index < -0.39 is 6.10 Å². The lowest BCUT2D eigenvalue weighted by molar-refractivity contribution is -0.167. The van der Waals surface area contributed by atoms with Crippen molar-refractivity contribution < 1.29 is 28.6 Å². The van der Waals surface area contributed by atoms with Crippen molar-refractivity contribution in [1.29, 1.82) is 0 Å². The highest BCUT2D eigenvalue weighted by Crippen LogP contribution is 2.16. The molecule has 0 aromatic carbocycles. The van der Waals surface area contributed by atoms with Gasteiger partial charge in [-0.3, -0.25) is 14.4 Å². The smallest absolute Gasteiger partial charge is 0.306 e. The third-order valence-electron chi connectivity index (χ3n) is 14.4. The van der Waals surface area contributed by atoms with Crippen molar-refractivity contribution in [2.45, 2.75) is 322 Å². The Balaban J connectivity index is 4.19. The fraction of sp³-hybridized carbons (Fsp3) is 0.693. The molecular formula is C75H126O6. The molecule has 0 saturated carbocycles. The van der Waals surface area contributed by atoms with Crippen LogP contribution in [0.3, 0.4) is 0 Å². The lowest BCUT2D eigenvalue weighted by Gasteiger charge is -2.18. The van der Waals surface area contributed by atoms with Crippen LogP contribution in [-0.2, 0) is 28.6 Å². The summed E-state index contributed by atoms with van der Waals surface area (Å²) >= 11 is 0. The summed E-state index contributed by atoms with van der Waals surface area (Å²) in [4.78, 5) is 38.3. The van der Waals surface area contributed by atoms with Crippen LogP contribution in [-0.4, -0.2) is 37.2 Å². The predicted molar refractivity (Wildman–Crippen MR) is 353 cm³/mol. The first kappa shape index (κ1) is 76.8. The van der Waals surface area contributed by atoms with Gasteiger partial charge in [0.25, 0.3) is 0 Å². The highest BCUT2D eigenvalue weighted by molar-refractivity contribution is 5.71. The van der Waals surface area contributed by atoms with Gasteiger partial charge < -0.3 is 14.2 Å². The zero-order valence-corrected chi connectivity index (χ0v) is 53.0. The van der Waals surface area contributed by atoms with E-state index in [1.54, 1.807) is 0 Å². The maximum Gasteiger partial charge on any atom is 0.306 e. The lowest BCUT2D eigenvalue weighted by Crippen LogP contribution is -2.30. The van der Waals surface area contributed by atoms with Gasteiger partial charge in [0.2, 0.25) is 0 Å². The number of unbranched alkanes of at least 4 members (excludes halogenated alkanes) is 30. The van der Waals surface area contributed by atoms with Crippen molar-refractivity contribution in [3.05, 3.63) is 122 Å². The number of carbonyl (C=O) groups is 3. The molecule has 6 nitrogen and oxygen atoms in total. The van der Waals surface area contributed by atoms with Crippen molar-refractivity contribution in [1.82, 2.24) is 0 Å². The Bertz CT molecular complexity index is 1670. The Morgan fingerprint density at radius 2 is 0.481 bits per heavy atom. The van der Waals surface area contributed by atoms with Gasteiger partial charge in [-0.15, -0.1) is 0 Å². The molecule has 0 bridgehead atoms. The first-order valence-corrected chi connectivity index (χ1v) is 34.0. The molecule has 81 heavy (non-hydrogen) atoms. The first-order valence-electron chi connectivity index (χ1n) is 34.0. The second-order valence-electron chi connectivity index (χ2n) is 22.3. The summed E-state index contributed by atoms with van der Waals surface area (Å²) < 4.78 is 16.9. The molecule has 0 N–H and O–H groups in total. The van der Waals surface area contributed by atoms with Crippen LogP contribution >= 0.6 is 0 Å². The van der Waals surface area contributed by atoms with Crippen molar-refractivity contribution >= 4 is 17.9 Å². The molecule has 0 fully saturated rings. The molecule has 6 heteroatoms. The SMILES string of the molecule is CC/C=C\C/C=C\C/C=C\C/C=C\C/C=C\C/C=C\C/C=C\CCCCCCCCCCCCCCCC(=O)OCC(COC(=O)CCCCCCC/C=C\CCCCCC)OC(=O)CCCCCCC/C=C\C/C=C\CCCCC. The molecule has 462 valence electrons. The van der Waals surface area contributed by atoms with E-state index in [-0.39, 0.29) is 31.1 Å². The summed E-state index contributed by atoms with van der Waals surface area (Å²) in [6, 6.07) is 0. The van der Waals surface area contributed by atoms with Crippen LogP contribution in [0.5, 0.6) is 0 Å². The third-order valence-corrected chi connectivity index (χ3v) is 14.4. The summed E-state index contributed by atoms with van der Waals surface area (Å²) in [7, 11) is 0. The third kappa shape index (κ3) is 66.5. The van der Waals surface area contributed by atoms with Gasteiger partial charge in [0, 0.05) is 19.3 Å². The minimum Gasteiger partial charge on any atom is -0.462 e. The monoisotopic (exact) mass is 1120 g/mol. The van der Waals surface area contributed by atoms with E-state index in [0.717, 1.165) is 135 Å². The Kier molecular flexibility index (Phi) is 64.8. The van der Waals surface area contributed by atoms with Gasteiger partial charge in [-0.25, -0.2) is 0 Å². The quantitative estimate of drug-likeness (QED) is 0.0261. The number of hydrogen-bond donors (Lipinski definition) is 0. The maximum atomic E-state index is 12.9. The normalized spacial score (nSPS) is 12.9. The highest BCUT2D eigenvalue weighted by Gasteiger charge is 2.19. The minimum absolute atomic E-state index is 0.0864. The van der Waals surface area contributed by atoms with Crippen LogP contribution in [0, 0.1) is 0 Å². The molecule has 0 aromatic heterocycles. The van der Waals surface area contributed by atoms with Gasteiger partial charge in [-0.1, -0.05) is 284 Å². The molecule has 0 aromatic rings. The van der Waals surface area contributed by atoms with E-state index in [1.807, 2.05) is 0 Å². The zero-order valence-electron chi connectivity index (χ0n) is 53.0. The van der Waals surface area contributed by atoms with Gasteiger partial charge in [0.1, 0.15) is 13.2 Å². The molecule has 0 spiro atoms. The van der Waals surface area contributed by atoms with Crippen molar-refractivity contribution in [2.24, 2.45) is 0 Å². The van der Waals surface area contributed by atoms with E-state index in [4.69, 9.17) is 14.2 Å². The summed E-state index contributed by atoms with van der Waals surface area (Å²) in [5, 5.41) is 0. The number of esters is 3. The van der Waals surface area contributed by atoms with Crippen LogP contribution in [0.2, 0.25) is 0 Å². The van der Waals surface area contributed by atoms with Gasteiger partial charge >= 0.3 is 17.9 Å². The van der Waals surface area contributed by atoms with Crippen LogP contribution in [0.15, 0.2) is 122 Å². The van der Waals surface area contributed by atoms with Gasteiger partial charge in [0.15, 0.2) is 6.10 Å². The zero-order chi connectivity index (χ0) is 58.5. The predicted octanol–water partition coefficient (Wildman–Crippen LogP) is 23.6. The summed E-state index contributed by atoms with van der Waals surface area (Å²) in [5.74, 6) is -0.903. The first-order chi connectivity index (χ1) is 40.0. The molecule has 0 aliphatic carbocycles. The van der Waals surface area contributed by atoms with Crippen LogP contribution in [0.4, 0.5) is 0 Å². The number of hydrogen-bond acceptors (Lipinski definition) is 6. The van der Waals surface area contributed by atoms with E-state index in [0.29, 0.717) is 19.3 Å². The standard InChI is InChI=1S/C75H126O6/c1-4-7-10-13-16-19-22-25-27-28-29-30-31-32-33-34-35-36-37-38-39-40-41-42-43-44-45-46-48-50-53-56-59-62-65-68-74(77)80-71-72(70-79-73(76)67-64-61-58-55-52-49-24-21-18-15-12-9-6-3)81-75(78)69-66-63-60-57-54-51-47-26-23-20-17-14-11-8-5-2/h7,10,16-17,19-21,24-27,29-30,32-33,35-36,38-39,47,72H,4-6,8-9,11-15,18,22-23,28,31,34,37,40-46,48-71H2,1-3H3/b10-7-,19-16-,20-17-,24-21-,27-25-,30-29-,33-32-,36-35-,39-38-,47-26-. The van der Waals surface area contributed by atoms with Gasteiger partial charge in [-0.05, 0) is 135 Å². The fourth-order valence-electron chi connectivity index (χ4n) is 9.33. The molecule has 0 radical (unpaired) electrons. The van der Waals surface area contributed by atoms with Crippen molar-refractivity contribution in [3.8, 4) is 0 Å². The summed E-state index contributed by atoms with van der Waals surface area (Å²) in [5.41, 5.74) is 0. The largest absolute Gasteiger partial charge is 0.462 e. The van der Waals surface area contributed by atoms with E-state index in [9.17, 15) is 14.4 Å². The lowest BCUT2D eigenvalue weighted by atomic mass is 10.0. The van der Waals surface area contributed by atoms with Gasteiger partial charge in [-0.2, -0.15) is 0 Å². The topological polar surface area (TPSA) is 78.9 Å². The van der Waals surface area contributed by atoms with Gasteiger partial charge in [0.05, 0.1) is 0 Å². The van der Waals surface area contributed by atoms with Crippen LogP contribution in [0.1, 0.15) is 316 Å². The average molecular weight is 1120 g/mol. The Labute approximate surface area is 501 Å². The van der Waals surface area contributed by atoms with E-state index in [1.165, 1.54) is 141 Å². The Morgan fingerprint density at radius 3 is 0.790 bits per heavy atom. The van der Waals surface area contributed by atoms with E-state index >= 15 is 0 Å². The molecule has 1 unspecified atom stereocenters. The highest BCUT2D eigenvalue weighted by atomic mass is 16.6. The molecule has 0 aliphatic heterocycles. The van der Waals surface area contributed by atoms with Crippen LogP contribution in [0.25, 0.3) is 0 Å². The summed E-state index contributed by atoms with van der Waals surface area (Å²) in [6.45, 7) is 6.48. The number of ether oxygens (including phenoxy) is 3. The van der Waals surface area contributed by atoms with Crippen molar-refractivity contribution in [2.75, 3.05) is 13.2 Å². The number of rotatable bonds is 61. The molecule has 0 aliphatic rings. The molecule has 0 rings (SSSR count). The maximum absolute atomic E-state index is 12.9. The Hall–Kier alpha value is -4.19. The summed E-state index contributed by atoms with van der Waals surface area (Å²) in [6.07, 6.45) is 95.1. The number of carbonyl (C=O) groups excluding carboxylic acids is 3. The minimum atomic E-state index is -0.791. The molecule has 0 heterocycles. The average Bonchev–Trinajstić information content (AvgIpc) is 3.46. The molecule has 1 atom stereocenters.